The van der Waals surface area contributed by atoms with Crippen molar-refractivity contribution in [2.24, 2.45) is 5.41 Å². The van der Waals surface area contributed by atoms with Crippen molar-refractivity contribution >= 4 is 0 Å². The zero-order chi connectivity index (χ0) is 11.2. The van der Waals surface area contributed by atoms with Gasteiger partial charge < -0.3 is 4.74 Å². The largest absolute Gasteiger partial charge is 0.496 e. The molecule has 1 spiro atoms. The molecule has 0 amide bonds. The van der Waals surface area contributed by atoms with Crippen LogP contribution in [0.2, 0.25) is 0 Å². The van der Waals surface area contributed by atoms with E-state index < -0.39 is 0 Å². The van der Waals surface area contributed by atoms with Crippen molar-refractivity contribution in [1.82, 2.24) is 0 Å². The quantitative estimate of drug-likeness (QED) is 0.696. The van der Waals surface area contributed by atoms with E-state index in [9.17, 15) is 0 Å². The Morgan fingerprint density at radius 2 is 1.75 bits per heavy atom. The third kappa shape index (κ3) is 1.37. The molecule has 1 saturated carbocycles. The number of hydrogen-bond acceptors (Lipinski definition) is 1. The van der Waals surface area contributed by atoms with E-state index >= 15 is 0 Å². The van der Waals surface area contributed by atoms with Crippen molar-refractivity contribution in [1.29, 1.82) is 0 Å². The third-order valence-corrected chi connectivity index (χ3v) is 4.61. The molecule has 1 nitrogen and oxygen atoms in total. The molecule has 0 N–H and O–H groups in total. The first-order valence-corrected chi connectivity index (χ1v) is 6.39. The average molecular weight is 216 g/mol. The predicted molar refractivity (Wildman–Crippen MR) is 66.0 cm³/mol. The predicted octanol–water partition coefficient (Wildman–Crippen LogP) is 3.66. The third-order valence-electron chi connectivity index (χ3n) is 4.61. The van der Waals surface area contributed by atoms with E-state index in [1.54, 1.807) is 12.7 Å². The molecule has 1 aromatic carbocycles. The fraction of sp³-hybridized carbons (Fsp3) is 0.600. The van der Waals surface area contributed by atoms with Crippen LogP contribution in [-0.2, 0) is 12.8 Å². The normalized spacial score (nSPS) is 21.4. The molecule has 0 saturated heterocycles. The van der Waals surface area contributed by atoms with Gasteiger partial charge in [-0.25, -0.2) is 0 Å². The molecule has 1 fully saturated rings. The number of methoxy groups -OCH3 is 1. The molecule has 16 heavy (non-hydrogen) atoms. The molecule has 1 heteroatoms. The lowest BCUT2D eigenvalue weighted by Crippen LogP contribution is -2.15. The maximum Gasteiger partial charge on any atom is 0.122 e. The minimum absolute atomic E-state index is 0.599. The SMILES string of the molecule is COc1ccc(C)c2c1CC1(CCCC1)C2. The van der Waals surface area contributed by atoms with E-state index in [4.69, 9.17) is 4.74 Å². The number of rotatable bonds is 1. The summed E-state index contributed by atoms with van der Waals surface area (Å²) in [6.07, 6.45) is 8.25. The van der Waals surface area contributed by atoms with Crippen LogP contribution in [0.3, 0.4) is 0 Å². The van der Waals surface area contributed by atoms with E-state index in [1.165, 1.54) is 49.7 Å². The van der Waals surface area contributed by atoms with E-state index in [0.29, 0.717) is 5.41 Å². The van der Waals surface area contributed by atoms with Crippen molar-refractivity contribution in [2.45, 2.75) is 45.4 Å². The van der Waals surface area contributed by atoms with Crippen LogP contribution in [0.1, 0.15) is 42.4 Å². The Balaban J connectivity index is 2.04. The van der Waals surface area contributed by atoms with Crippen LogP contribution in [0.5, 0.6) is 5.75 Å². The summed E-state index contributed by atoms with van der Waals surface area (Å²) in [6, 6.07) is 4.35. The molecule has 0 heterocycles. The van der Waals surface area contributed by atoms with Gasteiger partial charge in [-0.1, -0.05) is 18.9 Å². The van der Waals surface area contributed by atoms with Crippen LogP contribution in [0.15, 0.2) is 12.1 Å². The summed E-state index contributed by atoms with van der Waals surface area (Å²) in [4.78, 5) is 0. The highest BCUT2D eigenvalue weighted by Crippen LogP contribution is 2.51. The van der Waals surface area contributed by atoms with E-state index in [0.717, 1.165) is 5.75 Å². The molecule has 0 bridgehead atoms. The first kappa shape index (κ1) is 10.2. The Labute approximate surface area is 97.8 Å². The number of ether oxygens (including phenoxy) is 1. The number of aryl methyl sites for hydroxylation is 1. The van der Waals surface area contributed by atoms with Crippen LogP contribution < -0.4 is 4.74 Å². The number of benzene rings is 1. The Morgan fingerprint density at radius 1 is 1.06 bits per heavy atom. The van der Waals surface area contributed by atoms with Crippen molar-refractivity contribution in [2.75, 3.05) is 7.11 Å². The maximum atomic E-state index is 5.51. The maximum absolute atomic E-state index is 5.51. The van der Waals surface area contributed by atoms with Crippen LogP contribution in [0.25, 0.3) is 0 Å². The molecule has 0 atom stereocenters. The highest BCUT2D eigenvalue weighted by Gasteiger charge is 2.41. The Bertz CT molecular complexity index is 414. The van der Waals surface area contributed by atoms with Gasteiger partial charge in [0.05, 0.1) is 7.11 Å². The molecule has 0 aromatic heterocycles. The zero-order valence-corrected chi connectivity index (χ0v) is 10.3. The summed E-state index contributed by atoms with van der Waals surface area (Å²) in [5.74, 6) is 1.12. The Morgan fingerprint density at radius 3 is 2.44 bits per heavy atom. The molecule has 0 aliphatic heterocycles. The second-order valence-electron chi connectivity index (χ2n) is 5.60. The first-order chi connectivity index (χ1) is 7.74. The zero-order valence-electron chi connectivity index (χ0n) is 10.3. The van der Waals surface area contributed by atoms with Crippen LogP contribution in [-0.4, -0.2) is 7.11 Å². The van der Waals surface area contributed by atoms with Gasteiger partial charge in [0.2, 0.25) is 0 Å². The molecule has 0 unspecified atom stereocenters. The Kier molecular flexibility index (Phi) is 2.24. The topological polar surface area (TPSA) is 9.23 Å². The van der Waals surface area contributed by atoms with Gasteiger partial charge >= 0.3 is 0 Å². The lowest BCUT2D eigenvalue weighted by molar-refractivity contribution is 0.314. The average Bonchev–Trinajstić information content (AvgIpc) is 2.88. The smallest absolute Gasteiger partial charge is 0.122 e. The molecular weight excluding hydrogens is 196 g/mol. The second-order valence-corrected chi connectivity index (χ2v) is 5.60. The minimum Gasteiger partial charge on any atom is -0.496 e. The van der Waals surface area contributed by atoms with Crippen molar-refractivity contribution < 1.29 is 4.74 Å². The molecular formula is C15H20O. The van der Waals surface area contributed by atoms with Gasteiger partial charge in [-0.3, -0.25) is 0 Å². The molecule has 86 valence electrons. The van der Waals surface area contributed by atoms with Gasteiger partial charge in [-0.05, 0) is 60.8 Å². The van der Waals surface area contributed by atoms with E-state index in [-0.39, 0.29) is 0 Å². The summed E-state index contributed by atoms with van der Waals surface area (Å²) in [5.41, 5.74) is 5.15. The van der Waals surface area contributed by atoms with Gasteiger partial charge in [0, 0.05) is 0 Å². The molecule has 2 aliphatic carbocycles. The second kappa shape index (κ2) is 3.51. The molecule has 0 radical (unpaired) electrons. The van der Waals surface area contributed by atoms with Gasteiger partial charge in [0.15, 0.2) is 0 Å². The number of hydrogen-bond donors (Lipinski definition) is 0. The fourth-order valence-electron chi connectivity index (χ4n) is 3.71. The first-order valence-electron chi connectivity index (χ1n) is 6.39. The van der Waals surface area contributed by atoms with Crippen LogP contribution >= 0.6 is 0 Å². The highest BCUT2D eigenvalue weighted by molar-refractivity contribution is 5.49. The summed E-state index contributed by atoms with van der Waals surface area (Å²) >= 11 is 0. The van der Waals surface area contributed by atoms with E-state index in [1.807, 2.05) is 0 Å². The molecule has 2 aliphatic rings. The fourth-order valence-corrected chi connectivity index (χ4v) is 3.71. The standard InChI is InChI=1S/C15H20O/c1-11-5-6-14(16-2)13-10-15(9-12(11)13)7-3-4-8-15/h5-6H,3-4,7-10H2,1-2H3. The molecule has 3 rings (SSSR count). The van der Waals surface area contributed by atoms with Gasteiger partial charge in [-0.2, -0.15) is 0 Å². The monoisotopic (exact) mass is 216 g/mol. The number of fused-ring (bicyclic) bond motifs is 1. The van der Waals surface area contributed by atoms with Crippen molar-refractivity contribution in [3.05, 3.63) is 28.8 Å². The highest BCUT2D eigenvalue weighted by atomic mass is 16.5. The van der Waals surface area contributed by atoms with Crippen LogP contribution in [0, 0.1) is 12.3 Å². The van der Waals surface area contributed by atoms with Gasteiger partial charge in [0.1, 0.15) is 5.75 Å². The summed E-state index contributed by atoms with van der Waals surface area (Å²) in [7, 11) is 1.80. The van der Waals surface area contributed by atoms with Crippen molar-refractivity contribution in [3.63, 3.8) is 0 Å². The Hall–Kier alpha value is -0.980. The summed E-state index contributed by atoms with van der Waals surface area (Å²) in [5, 5.41) is 0. The van der Waals surface area contributed by atoms with E-state index in [2.05, 4.69) is 19.1 Å². The van der Waals surface area contributed by atoms with Crippen LogP contribution in [0.4, 0.5) is 0 Å². The summed E-state index contributed by atoms with van der Waals surface area (Å²) in [6.45, 7) is 2.24. The minimum atomic E-state index is 0.599. The van der Waals surface area contributed by atoms with Crippen molar-refractivity contribution in [3.8, 4) is 5.75 Å². The van der Waals surface area contributed by atoms with Gasteiger partial charge in [-0.15, -0.1) is 0 Å². The lowest BCUT2D eigenvalue weighted by atomic mass is 9.83. The summed E-state index contributed by atoms with van der Waals surface area (Å²) < 4.78 is 5.51. The van der Waals surface area contributed by atoms with Gasteiger partial charge in [0.25, 0.3) is 0 Å². The molecule has 1 aromatic rings. The lowest BCUT2D eigenvalue weighted by Gasteiger charge is -2.21.